The summed E-state index contributed by atoms with van der Waals surface area (Å²) in [4.78, 5) is 0. The molecule has 0 radical (unpaired) electrons. The molecule has 0 saturated carbocycles. The maximum absolute atomic E-state index is 13.2. The molecule has 0 fully saturated rings. The van der Waals surface area contributed by atoms with E-state index in [1.165, 1.54) is 6.07 Å². The second-order valence-corrected chi connectivity index (χ2v) is 3.81. The third kappa shape index (κ3) is 2.36. The minimum absolute atomic E-state index is 0.146. The van der Waals surface area contributed by atoms with E-state index in [0.717, 1.165) is 5.69 Å². The van der Waals surface area contributed by atoms with Gasteiger partial charge >= 0.3 is 0 Å². The summed E-state index contributed by atoms with van der Waals surface area (Å²) in [5.41, 5.74) is 0.849. The van der Waals surface area contributed by atoms with Crippen molar-refractivity contribution in [3.63, 3.8) is 0 Å². The van der Waals surface area contributed by atoms with Crippen LogP contribution in [0.15, 0.2) is 35.4 Å². The number of halogens is 1. The number of aromatic nitrogens is 2. The molecule has 84 valence electrons. The summed E-state index contributed by atoms with van der Waals surface area (Å²) in [5, 5.41) is 4.84. The molecular weight excluding hydrogens is 227 g/mol. The molecule has 2 rings (SSSR count). The lowest BCUT2D eigenvalue weighted by Gasteiger charge is -2.07. The maximum Gasteiger partial charge on any atom is 0.182 e. The standard InChI is InChI=1S/C11H11FN2OS/c1-8-6-11(16)14(13-8)7-15-10-5-3-2-4-9(10)12/h2-6,16H,7H2,1H3. The number of rotatable bonds is 3. The average molecular weight is 238 g/mol. The van der Waals surface area contributed by atoms with Gasteiger partial charge in [0.25, 0.3) is 0 Å². The molecule has 2 aromatic rings. The van der Waals surface area contributed by atoms with Crippen molar-refractivity contribution in [2.24, 2.45) is 0 Å². The summed E-state index contributed by atoms with van der Waals surface area (Å²) < 4.78 is 20.1. The molecule has 1 aromatic heterocycles. The first-order valence-electron chi connectivity index (χ1n) is 4.77. The predicted molar refractivity (Wildman–Crippen MR) is 61.2 cm³/mol. The van der Waals surface area contributed by atoms with Gasteiger partial charge in [-0.15, -0.1) is 12.6 Å². The summed E-state index contributed by atoms with van der Waals surface area (Å²) in [6.45, 7) is 2.01. The lowest BCUT2D eigenvalue weighted by molar-refractivity contribution is 0.201. The third-order valence-electron chi connectivity index (χ3n) is 2.06. The first-order chi connectivity index (χ1) is 7.66. The Morgan fingerprint density at radius 1 is 1.44 bits per heavy atom. The molecule has 0 N–H and O–H groups in total. The molecule has 0 unspecified atom stereocenters. The first kappa shape index (κ1) is 11.0. The van der Waals surface area contributed by atoms with Crippen molar-refractivity contribution in [1.29, 1.82) is 0 Å². The number of benzene rings is 1. The van der Waals surface area contributed by atoms with Crippen molar-refractivity contribution >= 4 is 12.6 Å². The number of para-hydroxylation sites is 1. The van der Waals surface area contributed by atoms with Gasteiger partial charge in [-0.3, -0.25) is 0 Å². The van der Waals surface area contributed by atoms with Gasteiger partial charge in [0.2, 0.25) is 0 Å². The largest absolute Gasteiger partial charge is 0.468 e. The maximum atomic E-state index is 13.2. The zero-order chi connectivity index (χ0) is 11.5. The lowest BCUT2D eigenvalue weighted by Crippen LogP contribution is -2.08. The lowest BCUT2D eigenvalue weighted by atomic mass is 10.3. The molecule has 16 heavy (non-hydrogen) atoms. The zero-order valence-corrected chi connectivity index (χ0v) is 9.62. The quantitative estimate of drug-likeness (QED) is 0.832. The van der Waals surface area contributed by atoms with Gasteiger partial charge < -0.3 is 4.74 Å². The fourth-order valence-corrected chi connectivity index (χ4v) is 1.61. The van der Waals surface area contributed by atoms with E-state index in [2.05, 4.69) is 17.7 Å². The van der Waals surface area contributed by atoms with E-state index in [1.54, 1.807) is 22.9 Å². The van der Waals surface area contributed by atoms with Crippen LogP contribution in [0.4, 0.5) is 4.39 Å². The second kappa shape index (κ2) is 4.57. The van der Waals surface area contributed by atoms with Crippen molar-refractivity contribution in [2.75, 3.05) is 0 Å². The van der Waals surface area contributed by atoms with Gasteiger partial charge in [0.15, 0.2) is 18.3 Å². The Labute approximate surface area is 98.3 Å². The summed E-state index contributed by atoms with van der Waals surface area (Å²) >= 11 is 4.22. The van der Waals surface area contributed by atoms with E-state index in [0.29, 0.717) is 5.03 Å². The molecular formula is C11H11FN2OS. The van der Waals surface area contributed by atoms with Crippen LogP contribution in [0, 0.1) is 12.7 Å². The Morgan fingerprint density at radius 2 is 2.19 bits per heavy atom. The number of aryl methyl sites for hydroxylation is 1. The summed E-state index contributed by atoms with van der Waals surface area (Å²) in [6, 6.07) is 8.07. The fourth-order valence-electron chi connectivity index (χ4n) is 1.32. The molecule has 0 spiro atoms. The van der Waals surface area contributed by atoms with Crippen LogP contribution in [0.25, 0.3) is 0 Å². The topological polar surface area (TPSA) is 27.1 Å². The second-order valence-electron chi connectivity index (χ2n) is 3.35. The van der Waals surface area contributed by atoms with Gasteiger partial charge in [-0.1, -0.05) is 12.1 Å². The number of ether oxygens (including phenoxy) is 1. The Hall–Kier alpha value is -1.49. The van der Waals surface area contributed by atoms with Crippen molar-refractivity contribution in [2.45, 2.75) is 18.7 Å². The highest BCUT2D eigenvalue weighted by Crippen LogP contribution is 2.16. The number of thiol groups is 1. The van der Waals surface area contributed by atoms with E-state index in [4.69, 9.17) is 4.74 Å². The van der Waals surface area contributed by atoms with Crippen LogP contribution in [0.5, 0.6) is 5.75 Å². The highest BCUT2D eigenvalue weighted by atomic mass is 32.1. The Balaban J connectivity index is 2.08. The molecule has 1 heterocycles. The molecule has 1 aromatic carbocycles. The van der Waals surface area contributed by atoms with Crippen LogP contribution in [0.2, 0.25) is 0 Å². The van der Waals surface area contributed by atoms with E-state index < -0.39 is 0 Å². The molecule has 0 saturated heterocycles. The molecule has 0 amide bonds. The van der Waals surface area contributed by atoms with Crippen molar-refractivity contribution in [3.8, 4) is 5.75 Å². The Morgan fingerprint density at radius 3 is 2.81 bits per heavy atom. The number of hydrogen-bond donors (Lipinski definition) is 1. The van der Waals surface area contributed by atoms with Crippen LogP contribution in [-0.4, -0.2) is 9.78 Å². The molecule has 3 nitrogen and oxygen atoms in total. The van der Waals surface area contributed by atoms with Gasteiger partial charge in [0, 0.05) is 0 Å². The Kier molecular flexibility index (Phi) is 3.14. The predicted octanol–water partition coefficient (Wildman–Crippen LogP) is 2.66. The number of hydrogen-bond acceptors (Lipinski definition) is 3. The molecule has 5 heteroatoms. The van der Waals surface area contributed by atoms with Crippen molar-refractivity contribution < 1.29 is 9.13 Å². The van der Waals surface area contributed by atoms with Crippen molar-refractivity contribution in [3.05, 3.63) is 41.8 Å². The minimum Gasteiger partial charge on any atom is -0.468 e. The van der Waals surface area contributed by atoms with Gasteiger partial charge in [-0.05, 0) is 25.1 Å². The molecule has 0 aliphatic rings. The van der Waals surface area contributed by atoms with Crippen LogP contribution in [0.3, 0.4) is 0 Å². The first-order valence-corrected chi connectivity index (χ1v) is 5.22. The van der Waals surface area contributed by atoms with E-state index in [9.17, 15) is 4.39 Å². The van der Waals surface area contributed by atoms with Crippen LogP contribution >= 0.6 is 12.6 Å². The molecule has 0 atom stereocenters. The van der Waals surface area contributed by atoms with E-state index in [1.807, 2.05) is 13.0 Å². The normalized spacial score (nSPS) is 10.4. The SMILES string of the molecule is Cc1cc(S)n(COc2ccccc2F)n1. The van der Waals surface area contributed by atoms with E-state index in [-0.39, 0.29) is 18.3 Å². The monoisotopic (exact) mass is 238 g/mol. The highest BCUT2D eigenvalue weighted by Gasteiger charge is 2.04. The molecule has 0 bridgehead atoms. The number of nitrogens with zero attached hydrogens (tertiary/aromatic N) is 2. The van der Waals surface area contributed by atoms with Crippen LogP contribution in [-0.2, 0) is 6.73 Å². The Bertz CT molecular complexity index is 498. The average Bonchev–Trinajstić information content (AvgIpc) is 2.56. The van der Waals surface area contributed by atoms with Gasteiger partial charge in [0.1, 0.15) is 0 Å². The molecule has 0 aliphatic carbocycles. The fraction of sp³-hybridized carbons (Fsp3) is 0.182. The zero-order valence-electron chi connectivity index (χ0n) is 8.72. The molecule has 0 aliphatic heterocycles. The van der Waals surface area contributed by atoms with Gasteiger partial charge in [-0.2, -0.15) is 5.10 Å². The van der Waals surface area contributed by atoms with Crippen molar-refractivity contribution in [1.82, 2.24) is 9.78 Å². The summed E-state index contributed by atoms with van der Waals surface area (Å²) in [6.07, 6.45) is 0. The summed E-state index contributed by atoms with van der Waals surface area (Å²) in [5.74, 6) is -0.171. The van der Waals surface area contributed by atoms with Crippen LogP contribution in [0.1, 0.15) is 5.69 Å². The third-order valence-corrected chi connectivity index (χ3v) is 2.42. The van der Waals surface area contributed by atoms with Gasteiger partial charge in [0.05, 0.1) is 10.7 Å². The smallest absolute Gasteiger partial charge is 0.182 e. The minimum atomic E-state index is -0.382. The summed E-state index contributed by atoms with van der Waals surface area (Å²) in [7, 11) is 0. The van der Waals surface area contributed by atoms with Gasteiger partial charge in [-0.25, -0.2) is 9.07 Å². The van der Waals surface area contributed by atoms with E-state index >= 15 is 0 Å². The van der Waals surface area contributed by atoms with Crippen LogP contribution < -0.4 is 4.74 Å². The highest BCUT2D eigenvalue weighted by molar-refractivity contribution is 7.80.